The molecule has 0 spiro atoms. The van der Waals surface area contributed by atoms with Crippen LogP contribution in [0.4, 0.5) is 11.4 Å². The van der Waals surface area contributed by atoms with Crippen molar-refractivity contribution in [1.82, 2.24) is 4.90 Å². The molecule has 2 N–H and O–H groups in total. The Morgan fingerprint density at radius 1 is 0.972 bits per heavy atom. The molecule has 3 aromatic carbocycles. The van der Waals surface area contributed by atoms with E-state index in [0.29, 0.717) is 16.1 Å². The van der Waals surface area contributed by atoms with Gasteiger partial charge in [0.05, 0.1) is 22.0 Å². The van der Waals surface area contributed by atoms with Crippen LogP contribution in [0, 0.1) is 0 Å². The standard InChI is InChI=1S/C24H19BrClN3O6S/c25-14(13-29-22(30)17-4-1-2-5-18(17)23(29)31)12-27-19-6-3-7-20(21(19)24(32)33)36(34,35)28-16-10-8-15(26)9-11-16/h1-11,14,27-28H,12-13H2,(H,32,33)/p-1. The average molecular weight is 592 g/mol. The number of hydrogen-bond donors (Lipinski definition) is 2. The molecule has 1 atom stereocenters. The first-order valence-electron chi connectivity index (χ1n) is 10.5. The largest absolute Gasteiger partial charge is 0.545 e. The molecule has 0 saturated heterocycles. The number of nitrogens with one attached hydrogen (secondary N) is 2. The molecule has 0 aromatic heterocycles. The highest BCUT2D eigenvalue weighted by Crippen LogP contribution is 2.27. The van der Waals surface area contributed by atoms with Crippen LogP contribution >= 0.6 is 27.5 Å². The molecule has 12 heteroatoms. The van der Waals surface area contributed by atoms with E-state index in [1.54, 1.807) is 24.3 Å². The number of benzene rings is 3. The van der Waals surface area contributed by atoms with Gasteiger partial charge < -0.3 is 15.2 Å². The molecule has 0 saturated carbocycles. The first kappa shape index (κ1) is 25.7. The van der Waals surface area contributed by atoms with Crippen LogP contribution in [0.15, 0.2) is 71.6 Å². The van der Waals surface area contributed by atoms with Gasteiger partial charge in [-0.2, -0.15) is 0 Å². The van der Waals surface area contributed by atoms with Crippen molar-refractivity contribution in [2.24, 2.45) is 0 Å². The number of carboxylic acid groups (broad SMARTS) is 1. The molecule has 1 aliphatic rings. The zero-order valence-electron chi connectivity index (χ0n) is 18.4. The summed E-state index contributed by atoms with van der Waals surface area (Å²) in [5, 5.41) is 15.2. The number of amides is 2. The molecule has 36 heavy (non-hydrogen) atoms. The van der Waals surface area contributed by atoms with Crippen molar-refractivity contribution in [2.45, 2.75) is 9.72 Å². The average Bonchev–Trinajstić information content (AvgIpc) is 3.08. The van der Waals surface area contributed by atoms with Gasteiger partial charge in [-0.25, -0.2) is 8.42 Å². The molecule has 9 nitrogen and oxygen atoms in total. The quantitative estimate of drug-likeness (QED) is 0.288. The first-order chi connectivity index (χ1) is 17.1. The zero-order valence-corrected chi connectivity index (χ0v) is 21.6. The van der Waals surface area contributed by atoms with Crippen molar-refractivity contribution in [3.63, 3.8) is 0 Å². The number of fused-ring (bicyclic) bond motifs is 1. The molecule has 0 aliphatic carbocycles. The number of carboxylic acids is 1. The smallest absolute Gasteiger partial charge is 0.262 e. The zero-order chi connectivity index (χ0) is 26.0. The van der Waals surface area contributed by atoms with E-state index in [4.69, 9.17) is 11.6 Å². The predicted octanol–water partition coefficient (Wildman–Crippen LogP) is 2.98. The second-order valence-electron chi connectivity index (χ2n) is 7.82. The van der Waals surface area contributed by atoms with Crippen molar-refractivity contribution < 1.29 is 27.9 Å². The number of aromatic carboxylic acids is 1. The first-order valence-corrected chi connectivity index (χ1v) is 13.3. The summed E-state index contributed by atoms with van der Waals surface area (Å²) in [5.74, 6) is -2.53. The highest BCUT2D eigenvalue weighted by molar-refractivity contribution is 9.09. The fourth-order valence-electron chi connectivity index (χ4n) is 3.73. The molecule has 1 heterocycles. The highest BCUT2D eigenvalue weighted by Gasteiger charge is 2.36. The molecule has 0 bridgehead atoms. The monoisotopic (exact) mass is 590 g/mol. The Labute approximate surface area is 220 Å². The minimum atomic E-state index is -4.29. The number of hydrogen-bond acceptors (Lipinski definition) is 7. The summed E-state index contributed by atoms with van der Waals surface area (Å²) in [6.07, 6.45) is 0. The normalized spacial score (nSPS) is 13.9. The van der Waals surface area contributed by atoms with Crippen LogP contribution in [0.3, 0.4) is 0 Å². The summed E-state index contributed by atoms with van der Waals surface area (Å²) in [6.45, 7) is 0.0813. The number of carbonyl (C=O) groups is 3. The Hall–Kier alpha value is -3.41. The van der Waals surface area contributed by atoms with Gasteiger partial charge in [0, 0.05) is 39.9 Å². The SMILES string of the molecule is O=C([O-])c1c(NCC(Br)CN2C(=O)c3ccccc3C2=O)cccc1S(=O)(=O)Nc1ccc(Cl)cc1. The predicted molar refractivity (Wildman–Crippen MR) is 136 cm³/mol. The molecule has 3 aromatic rings. The minimum absolute atomic E-state index is 0.000734. The molecular weight excluding hydrogens is 574 g/mol. The van der Waals surface area contributed by atoms with Gasteiger partial charge in [0.15, 0.2) is 0 Å². The Balaban J connectivity index is 1.50. The second-order valence-corrected chi connectivity index (χ2v) is 11.2. The Morgan fingerprint density at radius 2 is 1.58 bits per heavy atom. The molecule has 2 amide bonds. The van der Waals surface area contributed by atoms with Gasteiger partial charge in [0.1, 0.15) is 0 Å². The second kappa shape index (κ2) is 10.3. The van der Waals surface area contributed by atoms with Gasteiger partial charge in [-0.1, -0.05) is 45.7 Å². The molecule has 0 fully saturated rings. The van der Waals surface area contributed by atoms with Crippen molar-refractivity contribution in [2.75, 3.05) is 23.1 Å². The van der Waals surface area contributed by atoms with Crippen LogP contribution in [-0.4, -0.2) is 49.0 Å². The Bertz CT molecular complexity index is 1430. The number of carbonyl (C=O) groups excluding carboxylic acids is 3. The van der Waals surface area contributed by atoms with E-state index in [-0.39, 0.29) is 24.5 Å². The van der Waals surface area contributed by atoms with Crippen LogP contribution in [-0.2, 0) is 10.0 Å². The lowest BCUT2D eigenvalue weighted by atomic mass is 10.1. The van der Waals surface area contributed by atoms with Crippen LogP contribution in [0.5, 0.6) is 0 Å². The molecule has 1 unspecified atom stereocenters. The van der Waals surface area contributed by atoms with Gasteiger partial charge in [-0.3, -0.25) is 19.2 Å². The molecular formula is C24H18BrClN3O6S-. The molecule has 0 radical (unpaired) electrons. The topological polar surface area (TPSA) is 136 Å². The van der Waals surface area contributed by atoms with E-state index in [0.717, 1.165) is 11.0 Å². The summed E-state index contributed by atoms with van der Waals surface area (Å²) in [6, 6.07) is 16.3. The summed E-state index contributed by atoms with van der Waals surface area (Å²) >= 11 is 9.23. The summed E-state index contributed by atoms with van der Waals surface area (Å²) in [5.41, 5.74) is 0.282. The Morgan fingerprint density at radius 3 is 2.17 bits per heavy atom. The number of nitrogens with zero attached hydrogens (tertiary/aromatic N) is 1. The maximum atomic E-state index is 13.0. The minimum Gasteiger partial charge on any atom is -0.545 e. The van der Waals surface area contributed by atoms with E-state index in [1.165, 1.54) is 36.4 Å². The Kier molecular flexibility index (Phi) is 7.34. The number of halogens is 2. The highest BCUT2D eigenvalue weighted by atomic mass is 79.9. The summed E-state index contributed by atoms with van der Waals surface area (Å²) in [4.78, 5) is 37.3. The molecule has 186 valence electrons. The van der Waals surface area contributed by atoms with Crippen LogP contribution < -0.4 is 15.1 Å². The number of sulfonamides is 1. The lowest BCUT2D eigenvalue weighted by Crippen LogP contribution is -2.37. The fourth-order valence-corrected chi connectivity index (χ4v) is 5.58. The van der Waals surface area contributed by atoms with Crippen molar-refractivity contribution in [3.8, 4) is 0 Å². The van der Waals surface area contributed by atoms with E-state index in [2.05, 4.69) is 26.0 Å². The van der Waals surface area contributed by atoms with Gasteiger partial charge >= 0.3 is 0 Å². The lowest BCUT2D eigenvalue weighted by molar-refractivity contribution is -0.255. The molecule has 1 aliphatic heterocycles. The maximum absolute atomic E-state index is 13.0. The lowest BCUT2D eigenvalue weighted by Gasteiger charge is -2.21. The van der Waals surface area contributed by atoms with E-state index in [1.807, 2.05) is 0 Å². The molecule has 4 rings (SSSR count). The fraction of sp³-hybridized carbons (Fsp3) is 0.125. The van der Waals surface area contributed by atoms with Crippen LogP contribution in [0.1, 0.15) is 31.1 Å². The van der Waals surface area contributed by atoms with Gasteiger partial charge in [-0.15, -0.1) is 0 Å². The van der Waals surface area contributed by atoms with Gasteiger partial charge in [-0.05, 0) is 48.5 Å². The van der Waals surface area contributed by atoms with E-state index < -0.39 is 43.1 Å². The summed E-state index contributed by atoms with van der Waals surface area (Å²) < 4.78 is 28.2. The van der Waals surface area contributed by atoms with E-state index >= 15 is 0 Å². The third-order valence-corrected chi connectivity index (χ3v) is 7.68. The van der Waals surface area contributed by atoms with Gasteiger partial charge in [0.2, 0.25) is 0 Å². The van der Waals surface area contributed by atoms with Crippen molar-refractivity contribution >= 4 is 66.7 Å². The third-order valence-electron chi connectivity index (χ3n) is 5.39. The van der Waals surface area contributed by atoms with Crippen molar-refractivity contribution in [1.29, 1.82) is 0 Å². The number of rotatable bonds is 9. The number of imide groups is 1. The third kappa shape index (κ3) is 5.23. The van der Waals surface area contributed by atoms with Crippen molar-refractivity contribution in [3.05, 3.63) is 88.4 Å². The van der Waals surface area contributed by atoms with Crippen LogP contribution in [0.2, 0.25) is 5.02 Å². The van der Waals surface area contributed by atoms with E-state index in [9.17, 15) is 27.9 Å². The number of anilines is 2. The number of alkyl halides is 1. The maximum Gasteiger partial charge on any atom is 0.262 e. The van der Waals surface area contributed by atoms with Crippen LogP contribution in [0.25, 0.3) is 0 Å². The van der Waals surface area contributed by atoms with Gasteiger partial charge in [0.25, 0.3) is 21.8 Å². The summed E-state index contributed by atoms with van der Waals surface area (Å²) in [7, 11) is -4.29.